The van der Waals surface area contributed by atoms with Crippen LogP contribution in [0.25, 0.3) is 0 Å². The van der Waals surface area contributed by atoms with Crippen molar-refractivity contribution >= 4 is 12.1 Å². The third-order valence-electron chi connectivity index (χ3n) is 4.59. The van der Waals surface area contributed by atoms with Crippen molar-refractivity contribution in [2.45, 2.75) is 31.9 Å². The number of carbonyl (C=O) groups is 2. The lowest BCUT2D eigenvalue weighted by Crippen LogP contribution is -2.43. The minimum absolute atomic E-state index is 0.0838. The molecule has 5 nitrogen and oxygen atoms in total. The summed E-state index contributed by atoms with van der Waals surface area (Å²) in [7, 11) is 0. The van der Waals surface area contributed by atoms with E-state index in [0.717, 1.165) is 11.1 Å². The van der Waals surface area contributed by atoms with E-state index >= 15 is 0 Å². The summed E-state index contributed by atoms with van der Waals surface area (Å²) in [5.41, 5.74) is 1.94. The lowest BCUT2D eigenvalue weighted by atomic mass is 9.92. The molecule has 2 aromatic carbocycles. The van der Waals surface area contributed by atoms with Gasteiger partial charge in [0.25, 0.3) is 0 Å². The highest BCUT2D eigenvalue weighted by molar-refractivity contribution is 5.83. The monoisotopic (exact) mass is 353 g/mol. The molecule has 1 aliphatic heterocycles. The van der Waals surface area contributed by atoms with Gasteiger partial charge in [-0.05, 0) is 24.5 Å². The van der Waals surface area contributed by atoms with Gasteiger partial charge in [0.15, 0.2) is 0 Å². The lowest BCUT2D eigenvalue weighted by molar-refractivity contribution is -0.148. The molecular formula is C21H23NO4. The third-order valence-corrected chi connectivity index (χ3v) is 4.59. The molecular weight excluding hydrogens is 330 g/mol. The molecule has 0 bridgehead atoms. The van der Waals surface area contributed by atoms with Crippen LogP contribution >= 0.6 is 0 Å². The highest BCUT2D eigenvalue weighted by Crippen LogP contribution is 2.34. The average Bonchev–Trinajstić information content (AvgIpc) is 3.13. The topological polar surface area (TPSA) is 55.8 Å². The van der Waals surface area contributed by atoms with Gasteiger partial charge in [-0.1, -0.05) is 60.7 Å². The summed E-state index contributed by atoms with van der Waals surface area (Å²) in [6.07, 6.45) is 0.221. The average molecular weight is 353 g/mol. The van der Waals surface area contributed by atoms with E-state index < -0.39 is 12.1 Å². The van der Waals surface area contributed by atoms with E-state index in [2.05, 4.69) is 0 Å². The van der Waals surface area contributed by atoms with E-state index in [0.29, 0.717) is 13.0 Å². The molecule has 5 heteroatoms. The van der Waals surface area contributed by atoms with Crippen LogP contribution in [0.2, 0.25) is 0 Å². The predicted molar refractivity (Wildman–Crippen MR) is 97.6 cm³/mol. The van der Waals surface area contributed by atoms with Crippen molar-refractivity contribution in [3.05, 3.63) is 71.8 Å². The zero-order valence-electron chi connectivity index (χ0n) is 14.8. The quantitative estimate of drug-likeness (QED) is 0.768. The van der Waals surface area contributed by atoms with Crippen LogP contribution in [0, 0.1) is 0 Å². The summed E-state index contributed by atoms with van der Waals surface area (Å²) in [4.78, 5) is 26.7. The number of rotatable bonds is 5. The van der Waals surface area contributed by atoms with Gasteiger partial charge in [-0.3, -0.25) is 4.90 Å². The summed E-state index contributed by atoms with van der Waals surface area (Å²) in [6, 6.07) is 18.6. The number of esters is 1. The Kier molecular flexibility index (Phi) is 5.89. The number of benzene rings is 2. The van der Waals surface area contributed by atoms with Gasteiger partial charge in [-0.15, -0.1) is 0 Å². The maximum absolute atomic E-state index is 12.6. The molecule has 0 spiro atoms. The number of likely N-dealkylation sites (tertiary alicyclic amines) is 1. The van der Waals surface area contributed by atoms with Gasteiger partial charge in [0.05, 0.1) is 6.61 Å². The first-order valence-corrected chi connectivity index (χ1v) is 8.89. The summed E-state index contributed by atoms with van der Waals surface area (Å²) >= 11 is 0. The normalized spacial score (nSPS) is 19.2. The molecule has 1 heterocycles. The Hall–Kier alpha value is -2.82. The number of carbonyl (C=O) groups excluding carboxylic acids is 2. The second-order valence-electron chi connectivity index (χ2n) is 6.24. The first kappa shape index (κ1) is 18.0. The number of ether oxygens (including phenoxy) is 2. The molecule has 0 unspecified atom stereocenters. The van der Waals surface area contributed by atoms with E-state index in [1.165, 1.54) is 4.90 Å². The molecule has 0 aromatic heterocycles. The molecule has 0 N–H and O–H groups in total. The van der Waals surface area contributed by atoms with Gasteiger partial charge < -0.3 is 9.47 Å². The Labute approximate surface area is 153 Å². The fourth-order valence-corrected chi connectivity index (χ4v) is 3.37. The summed E-state index contributed by atoms with van der Waals surface area (Å²) in [6.45, 7) is 2.70. The maximum Gasteiger partial charge on any atom is 0.410 e. The van der Waals surface area contributed by atoms with E-state index in [1.807, 2.05) is 60.7 Å². The Balaban J connectivity index is 1.74. The van der Waals surface area contributed by atoms with Crippen LogP contribution in [-0.2, 0) is 20.9 Å². The SMILES string of the molecule is CCOC(=O)[C@H]1[C@H](c2ccccc2)CCN1C(=O)OCc1ccccc1. The molecule has 3 rings (SSSR count). The van der Waals surface area contributed by atoms with Gasteiger partial charge in [0.2, 0.25) is 0 Å². The highest BCUT2D eigenvalue weighted by Gasteiger charge is 2.44. The molecule has 2 atom stereocenters. The highest BCUT2D eigenvalue weighted by atomic mass is 16.6. The van der Waals surface area contributed by atoms with Crippen molar-refractivity contribution < 1.29 is 19.1 Å². The van der Waals surface area contributed by atoms with Crippen LogP contribution in [0.3, 0.4) is 0 Å². The molecule has 0 saturated carbocycles. The number of hydrogen-bond donors (Lipinski definition) is 0. The third kappa shape index (κ3) is 4.04. The predicted octanol–water partition coefficient (Wildman–Crippen LogP) is 3.74. The van der Waals surface area contributed by atoms with Crippen molar-refractivity contribution in [3.8, 4) is 0 Å². The van der Waals surface area contributed by atoms with Gasteiger partial charge in [-0.25, -0.2) is 9.59 Å². The zero-order chi connectivity index (χ0) is 18.4. The van der Waals surface area contributed by atoms with Gasteiger partial charge in [0, 0.05) is 12.5 Å². The zero-order valence-corrected chi connectivity index (χ0v) is 14.8. The van der Waals surface area contributed by atoms with Crippen LogP contribution in [-0.4, -0.2) is 36.2 Å². The molecule has 0 radical (unpaired) electrons. The van der Waals surface area contributed by atoms with Crippen molar-refractivity contribution in [3.63, 3.8) is 0 Å². The molecule has 0 aliphatic carbocycles. The van der Waals surface area contributed by atoms with E-state index in [1.54, 1.807) is 6.92 Å². The second kappa shape index (κ2) is 8.52. The molecule has 136 valence electrons. The first-order valence-electron chi connectivity index (χ1n) is 8.89. The molecule has 1 fully saturated rings. The number of hydrogen-bond acceptors (Lipinski definition) is 4. The smallest absolute Gasteiger partial charge is 0.410 e. The summed E-state index contributed by atoms with van der Waals surface area (Å²) in [5.74, 6) is -0.463. The molecule has 2 aromatic rings. The Morgan fingerprint density at radius 1 is 1.00 bits per heavy atom. The Morgan fingerprint density at radius 3 is 2.31 bits per heavy atom. The van der Waals surface area contributed by atoms with Crippen LogP contribution in [0.1, 0.15) is 30.4 Å². The fraction of sp³-hybridized carbons (Fsp3) is 0.333. The minimum Gasteiger partial charge on any atom is -0.464 e. The van der Waals surface area contributed by atoms with Gasteiger partial charge in [-0.2, -0.15) is 0 Å². The van der Waals surface area contributed by atoms with Crippen LogP contribution < -0.4 is 0 Å². The summed E-state index contributed by atoms with van der Waals surface area (Å²) in [5, 5.41) is 0. The van der Waals surface area contributed by atoms with E-state index in [9.17, 15) is 9.59 Å². The Bertz CT molecular complexity index is 732. The van der Waals surface area contributed by atoms with Crippen LogP contribution in [0.5, 0.6) is 0 Å². The van der Waals surface area contributed by atoms with Crippen molar-refractivity contribution in [2.24, 2.45) is 0 Å². The van der Waals surface area contributed by atoms with Crippen molar-refractivity contribution in [1.29, 1.82) is 0 Å². The molecule has 1 saturated heterocycles. The number of amides is 1. The van der Waals surface area contributed by atoms with E-state index in [4.69, 9.17) is 9.47 Å². The second-order valence-corrected chi connectivity index (χ2v) is 6.24. The van der Waals surface area contributed by atoms with Crippen molar-refractivity contribution in [2.75, 3.05) is 13.2 Å². The largest absolute Gasteiger partial charge is 0.464 e. The van der Waals surface area contributed by atoms with Crippen LogP contribution in [0.15, 0.2) is 60.7 Å². The maximum atomic E-state index is 12.6. The number of nitrogens with zero attached hydrogens (tertiary/aromatic N) is 1. The van der Waals surface area contributed by atoms with Gasteiger partial charge >= 0.3 is 12.1 Å². The van der Waals surface area contributed by atoms with E-state index in [-0.39, 0.29) is 25.1 Å². The van der Waals surface area contributed by atoms with Crippen LogP contribution in [0.4, 0.5) is 4.79 Å². The molecule has 1 aliphatic rings. The first-order chi connectivity index (χ1) is 12.7. The van der Waals surface area contributed by atoms with Gasteiger partial charge in [0.1, 0.15) is 12.6 Å². The summed E-state index contributed by atoms with van der Waals surface area (Å²) < 4.78 is 10.7. The fourth-order valence-electron chi connectivity index (χ4n) is 3.37. The van der Waals surface area contributed by atoms with Crippen molar-refractivity contribution in [1.82, 2.24) is 4.90 Å². The minimum atomic E-state index is -0.652. The standard InChI is InChI=1S/C21H23NO4/c1-2-25-20(23)19-18(17-11-7-4-8-12-17)13-14-22(19)21(24)26-15-16-9-5-3-6-10-16/h3-12,18-19H,2,13-15H2,1H3/t18-,19+/m0/s1. The molecule has 26 heavy (non-hydrogen) atoms. The molecule has 1 amide bonds. The Morgan fingerprint density at radius 2 is 1.65 bits per heavy atom. The lowest BCUT2D eigenvalue weighted by Gasteiger charge is -2.26.